The lowest BCUT2D eigenvalue weighted by molar-refractivity contribution is 0.0696. The van der Waals surface area contributed by atoms with Crippen LogP contribution < -0.4 is 17.2 Å². The summed E-state index contributed by atoms with van der Waals surface area (Å²) in [6, 6.07) is 17.1. The van der Waals surface area contributed by atoms with Gasteiger partial charge in [-0.1, -0.05) is 0 Å². The Morgan fingerprint density at radius 2 is 1.19 bits per heavy atom. The molecular formula is C20H18N4O3. The van der Waals surface area contributed by atoms with Gasteiger partial charge in [-0.05, 0) is 60.7 Å². The number of rotatable bonds is 2. The number of carbonyl (C=O) groups is 2. The molecule has 4 rings (SSSR count). The number of fused-ring (bicyclic) bond motifs is 3. The van der Waals surface area contributed by atoms with Gasteiger partial charge in [-0.25, -0.2) is 4.79 Å². The molecule has 8 N–H and O–H groups in total. The zero-order valence-corrected chi connectivity index (χ0v) is 14.3. The second kappa shape index (κ2) is 7.09. The molecule has 4 aromatic rings. The zero-order valence-electron chi connectivity index (χ0n) is 14.3. The number of carboxylic acid groups (broad SMARTS) is 1. The van der Waals surface area contributed by atoms with Crippen molar-refractivity contribution in [3.8, 4) is 0 Å². The quantitative estimate of drug-likeness (QED) is 0.348. The van der Waals surface area contributed by atoms with Gasteiger partial charge >= 0.3 is 5.97 Å². The van der Waals surface area contributed by atoms with Crippen LogP contribution in [0.5, 0.6) is 0 Å². The lowest BCUT2D eigenvalue weighted by atomic mass is 10.1. The molecule has 136 valence electrons. The molecule has 0 saturated heterocycles. The van der Waals surface area contributed by atoms with Gasteiger partial charge < -0.3 is 27.3 Å². The maximum Gasteiger partial charge on any atom is 0.335 e. The number of aromatic amines is 1. The molecule has 0 spiro atoms. The molecule has 27 heavy (non-hydrogen) atoms. The highest BCUT2D eigenvalue weighted by atomic mass is 16.4. The molecule has 0 aliphatic carbocycles. The lowest BCUT2D eigenvalue weighted by Crippen LogP contribution is -2.10. The molecule has 0 saturated carbocycles. The van der Waals surface area contributed by atoms with Crippen LogP contribution in [-0.2, 0) is 0 Å². The fraction of sp³-hybridized carbons (Fsp3) is 0. The minimum absolute atomic E-state index is 0.139. The largest absolute Gasteiger partial charge is 0.478 e. The molecule has 0 aliphatic heterocycles. The van der Waals surface area contributed by atoms with Crippen LogP contribution in [0.3, 0.4) is 0 Å². The van der Waals surface area contributed by atoms with Gasteiger partial charge in [-0.15, -0.1) is 0 Å². The van der Waals surface area contributed by atoms with Gasteiger partial charge in [0.25, 0.3) is 0 Å². The van der Waals surface area contributed by atoms with Gasteiger partial charge in [0.1, 0.15) is 0 Å². The molecule has 7 heteroatoms. The molecule has 0 unspecified atom stereocenters. The van der Waals surface area contributed by atoms with E-state index in [0.717, 1.165) is 33.2 Å². The molecule has 1 heterocycles. The smallest absolute Gasteiger partial charge is 0.335 e. The van der Waals surface area contributed by atoms with Crippen molar-refractivity contribution in [1.29, 1.82) is 0 Å². The number of hydrogen-bond acceptors (Lipinski definition) is 4. The molecule has 1 aromatic heterocycles. The number of nitrogens with one attached hydrogen (secondary N) is 1. The maximum atomic E-state index is 10.6. The molecule has 1 amide bonds. The number of carbonyl (C=O) groups excluding carboxylic acids is 1. The minimum Gasteiger partial charge on any atom is -0.478 e. The molecule has 0 radical (unpaired) electrons. The molecule has 7 nitrogen and oxygen atoms in total. The Hall–Kier alpha value is -4.00. The molecule has 0 fully saturated rings. The highest BCUT2D eigenvalue weighted by Gasteiger charge is 2.04. The summed E-state index contributed by atoms with van der Waals surface area (Å²) in [6.45, 7) is 0. The average Bonchev–Trinajstić information content (AvgIpc) is 2.99. The van der Waals surface area contributed by atoms with Crippen LogP contribution in [0.2, 0.25) is 0 Å². The van der Waals surface area contributed by atoms with E-state index in [-0.39, 0.29) is 5.56 Å². The van der Waals surface area contributed by atoms with Crippen LogP contribution in [0.25, 0.3) is 21.8 Å². The highest BCUT2D eigenvalue weighted by Crippen LogP contribution is 2.28. The van der Waals surface area contributed by atoms with E-state index in [1.807, 2.05) is 36.4 Å². The number of aromatic carboxylic acids is 1. The summed E-state index contributed by atoms with van der Waals surface area (Å²) in [6.07, 6.45) is 0. The Morgan fingerprint density at radius 3 is 1.59 bits per heavy atom. The van der Waals surface area contributed by atoms with Crippen molar-refractivity contribution in [3.63, 3.8) is 0 Å². The first-order valence-electron chi connectivity index (χ1n) is 8.05. The van der Waals surface area contributed by atoms with Crippen LogP contribution in [0.4, 0.5) is 11.4 Å². The Labute approximate surface area is 154 Å². The monoisotopic (exact) mass is 362 g/mol. The van der Waals surface area contributed by atoms with E-state index in [1.54, 1.807) is 0 Å². The number of carboxylic acids is 1. The topological polar surface area (TPSA) is 148 Å². The summed E-state index contributed by atoms with van der Waals surface area (Å²) in [5, 5.41) is 10.7. The Bertz CT molecular complexity index is 1060. The highest BCUT2D eigenvalue weighted by molar-refractivity contribution is 6.09. The van der Waals surface area contributed by atoms with Crippen LogP contribution in [0.1, 0.15) is 20.7 Å². The van der Waals surface area contributed by atoms with Gasteiger partial charge in [0, 0.05) is 38.7 Å². The third kappa shape index (κ3) is 3.82. The first kappa shape index (κ1) is 17.8. The van der Waals surface area contributed by atoms with E-state index in [2.05, 4.69) is 4.98 Å². The third-order valence-corrected chi connectivity index (χ3v) is 4.06. The van der Waals surface area contributed by atoms with E-state index >= 15 is 0 Å². The van der Waals surface area contributed by atoms with Crippen LogP contribution in [0, 0.1) is 0 Å². The molecule has 0 atom stereocenters. The number of nitrogen functional groups attached to an aromatic ring is 2. The first-order valence-corrected chi connectivity index (χ1v) is 8.05. The number of nitrogens with two attached hydrogens (primary N) is 3. The second-order valence-electron chi connectivity index (χ2n) is 5.98. The van der Waals surface area contributed by atoms with Crippen molar-refractivity contribution in [3.05, 3.63) is 71.8 Å². The van der Waals surface area contributed by atoms with Crippen molar-refractivity contribution in [2.45, 2.75) is 0 Å². The molecule has 0 aliphatic rings. The molecule has 0 bridgehead atoms. The van der Waals surface area contributed by atoms with E-state index in [1.165, 1.54) is 24.3 Å². The maximum absolute atomic E-state index is 10.6. The summed E-state index contributed by atoms with van der Waals surface area (Å²) < 4.78 is 0. The predicted octanol–water partition coefficient (Wildman–Crippen LogP) is 2.97. The summed E-state index contributed by atoms with van der Waals surface area (Å²) in [5.41, 5.74) is 20.6. The molecular weight excluding hydrogens is 344 g/mol. The average molecular weight is 362 g/mol. The van der Waals surface area contributed by atoms with Crippen molar-refractivity contribution >= 4 is 45.1 Å². The van der Waals surface area contributed by atoms with Gasteiger partial charge in [0.15, 0.2) is 0 Å². The lowest BCUT2D eigenvalue weighted by Gasteiger charge is -1.95. The van der Waals surface area contributed by atoms with Gasteiger partial charge in [0.05, 0.1) is 5.56 Å². The Balaban J connectivity index is 0.000000161. The summed E-state index contributed by atoms with van der Waals surface area (Å²) >= 11 is 0. The summed E-state index contributed by atoms with van der Waals surface area (Å²) in [4.78, 5) is 24.2. The van der Waals surface area contributed by atoms with E-state index in [9.17, 15) is 9.59 Å². The summed E-state index contributed by atoms with van der Waals surface area (Å²) in [7, 11) is 0. The number of benzene rings is 3. The van der Waals surface area contributed by atoms with Gasteiger partial charge in [0.2, 0.25) is 5.91 Å². The van der Waals surface area contributed by atoms with Crippen LogP contribution >= 0.6 is 0 Å². The standard InChI is InChI=1S/C12H11N3.C8H7NO3/c13-7-1-3-11-9(5-7)10-6-8(14)2-4-12(10)15-11;9-7(10)5-1-3-6(4-2-5)8(11)12/h1-6,15H,13-14H2;1-4H,(H2,9,10)(H,11,12). The first-order chi connectivity index (χ1) is 12.8. The molecule has 3 aromatic carbocycles. The van der Waals surface area contributed by atoms with E-state index in [0.29, 0.717) is 5.56 Å². The summed E-state index contributed by atoms with van der Waals surface area (Å²) in [5.74, 6) is -1.59. The number of aromatic nitrogens is 1. The number of primary amides is 1. The Morgan fingerprint density at radius 1 is 0.741 bits per heavy atom. The SMILES string of the molecule is NC(=O)c1ccc(C(=O)O)cc1.Nc1ccc2[nH]c3ccc(N)cc3c2c1. The number of amides is 1. The normalized spacial score (nSPS) is 10.4. The fourth-order valence-electron chi connectivity index (χ4n) is 2.71. The Kier molecular flexibility index (Phi) is 4.68. The zero-order chi connectivity index (χ0) is 19.6. The van der Waals surface area contributed by atoms with E-state index < -0.39 is 11.9 Å². The van der Waals surface area contributed by atoms with Crippen molar-refractivity contribution < 1.29 is 14.7 Å². The number of hydrogen-bond donors (Lipinski definition) is 5. The third-order valence-electron chi connectivity index (χ3n) is 4.06. The van der Waals surface area contributed by atoms with Crippen molar-refractivity contribution in [2.24, 2.45) is 5.73 Å². The van der Waals surface area contributed by atoms with Crippen molar-refractivity contribution in [1.82, 2.24) is 4.98 Å². The number of H-pyrrole nitrogens is 1. The van der Waals surface area contributed by atoms with E-state index in [4.69, 9.17) is 22.3 Å². The van der Waals surface area contributed by atoms with Gasteiger partial charge in [-0.3, -0.25) is 4.79 Å². The van der Waals surface area contributed by atoms with Crippen LogP contribution in [-0.4, -0.2) is 22.0 Å². The van der Waals surface area contributed by atoms with Gasteiger partial charge in [-0.2, -0.15) is 0 Å². The number of anilines is 2. The van der Waals surface area contributed by atoms with Crippen molar-refractivity contribution in [2.75, 3.05) is 11.5 Å². The fourth-order valence-corrected chi connectivity index (χ4v) is 2.71. The van der Waals surface area contributed by atoms with Crippen LogP contribution in [0.15, 0.2) is 60.7 Å². The minimum atomic E-state index is -1.02. The second-order valence-corrected chi connectivity index (χ2v) is 5.98. The predicted molar refractivity (Wildman–Crippen MR) is 107 cm³/mol.